The van der Waals surface area contributed by atoms with Crippen molar-refractivity contribution in [2.75, 3.05) is 0 Å². The highest BCUT2D eigenvalue weighted by atomic mass is 19.3. The van der Waals surface area contributed by atoms with Gasteiger partial charge in [-0.25, -0.2) is 8.78 Å². The van der Waals surface area contributed by atoms with Crippen LogP contribution >= 0.6 is 0 Å². The summed E-state index contributed by atoms with van der Waals surface area (Å²) >= 11 is 0. The molecule has 0 amide bonds. The number of alkyl halides is 2. The van der Waals surface area contributed by atoms with Crippen LogP contribution < -0.4 is 5.56 Å². The number of hydrogen-bond donors (Lipinski definition) is 1. The van der Waals surface area contributed by atoms with Crippen molar-refractivity contribution in [3.63, 3.8) is 0 Å². The molecule has 0 radical (unpaired) electrons. The summed E-state index contributed by atoms with van der Waals surface area (Å²) in [5.41, 5.74) is 0.300. The molecule has 1 heterocycles. The smallest absolute Gasteiger partial charge is 0.263 e. The molecule has 0 aliphatic rings. The molecule has 0 saturated heterocycles. The number of pyridine rings is 1. The maximum atomic E-state index is 12.3. The van der Waals surface area contributed by atoms with Gasteiger partial charge in [0.25, 0.3) is 6.43 Å². The summed E-state index contributed by atoms with van der Waals surface area (Å²) in [6.45, 7) is 0. The topological polar surface area (TPSA) is 32.9 Å². The molecule has 72 valence electrons. The number of H-pyrrole nitrogens is 1. The van der Waals surface area contributed by atoms with Gasteiger partial charge in [0.1, 0.15) is 0 Å². The average Bonchev–Trinajstić information content (AvgIpc) is 2.16. The van der Waals surface area contributed by atoms with Crippen molar-refractivity contribution < 1.29 is 8.78 Å². The van der Waals surface area contributed by atoms with Crippen molar-refractivity contribution in [2.45, 2.75) is 6.43 Å². The molecule has 1 aromatic carbocycles. The Kier molecular flexibility index (Phi) is 2.04. The van der Waals surface area contributed by atoms with E-state index in [4.69, 9.17) is 0 Å². The Morgan fingerprint density at radius 2 is 1.93 bits per heavy atom. The molecular formula is C10H7F2NO. The SMILES string of the molecule is O=c1ccc2cc(C(F)F)ccc2[nH]1. The van der Waals surface area contributed by atoms with Crippen LogP contribution in [0, 0.1) is 0 Å². The summed E-state index contributed by atoms with van der Waals surface area (Å²) in [7, 11) is 0. The Morgan fingerprint density at radius 3 is 2.64 bits per heavy atom. The molecule has 1 N–H and O–H groups in total. The molecule has 0 aliphatic carbocycles. The van der Waals surface area contributed by atoms with Crippen LogP contribution in [0.1, 0.15) is 12.0 Å². The third-order valence-corrected chi connectivity index (χ3v) is 2.00. The van der Waals surface area contributed by atoms with Crippen LogP contribution in [0.5, 0.6) is 0 Å². The molecule has 0 atom stereocenters. The number of fused-ring (bicyclic) bond motifs is 1. The van der Waals surface area contributed by atoms with Crippen LogP contribution in [0.3, 0.4) is 0 Å². The first-order chi connectivity index (χ1) is 6.66. The lowest BCUT2D eigenvalue weighted by Crippen LogP contribution is -2.02. The fraction of sp³-hybridized carbons (Fsp3) is 0.100. The summed E-state index contributed by atoms with van der Waals surface area (Å²) in [6.07, 6.45) is -2.48. The van der Waals surface area contributed by atoms with E-state index >= 15 is 0 Å². The standard InChI is InChI=1S/C10H7F2NO/c11-10(12)7-1-3-8-6(5-7)2-4-9(14)13-8/h1-5,10H,(H,13,14). The van der Waals surface area contributed by atoms with Crippen molar-refractivity contribution in [2.24, 2.45) is 0 Å². The largest absolute Gasteiger partial charge is 0.322 e. The first-order valence-corrected chi connectivity index (χ1v) is 4.08. The van der Waals surface area contributed by atoms with Gasteiger partial charge in [0.15, 0.2) is 0 Å². The number of aromatic nitrogens is 1. The molecule has 2 rings (SSSR count). The van der Waals surface area contributed by atoms with Crippen molar-refractivity contribution in [1.29, 1.82) is 0 Å². The minimum Gasteiger partial charge on any atom is -0.322 e. The minimum atomic E-state index is -2.48. The zero-order valence-electron chi connectivity index (χ0n) is 7.13. The van der Waals surface area contributed by atoms with Gasteiger partial charge in [-0.2, -0.15) is 0 Å². The van der Waals surface area contributed by atoms with Gasteiger partial charge in [-0.05, 0) is 23.6 Å². The highest BCUT2D eigenvalue weighted by molar-refractivity contribution is 5.78. The Bertz CT molecular complexity index is 519. The fourth-order valence-corrected chi connectivity index (χ4v) is 1.31. The second kappa shape index (κ2) is 3.21. The van der Waals surface area contributed by atoms with Crippen LogP contribution in [-0.4, -0.2) is 4.98 Å². The predicted octanol–water partition coefficient (Wildman–Crippen LogP) is 2.47. The van der Waals surface area contributed by atoms with Crippen LogP contribution in [0.25, 0.3) is 10.9 Å². The van der Waals surface area contributed by atoms with Gasteiger partial charge in [0.05, 0.1) is 0 Å². The van der Waals surface area contributed by atoms with Crippen LogP contribution in [-0.2, 0) is 0 Å². The summed E-state index contributed by atoms with van der Waals surface area (Å²) in [5.74, 6) is 0. The van der Waals surface area contributed by atoms with Crippen LogP contribution in [0.15, 0.2) is 35.1 Å². The molecule has 0 unspecified atom stereocenters. The summed E-state index contributed by atoms with van der Waals surface area (Å²) in [6, 6.07) is 7.01. The number of benzene rings is 1. The summed E-state index contributed by atoms with van der Waals surface area (Å²) < 4.78 is 24.6. The maximum absolute atomic E-state index is 12.3. The Morgan fingerprint density at radius 1 is 1.14 bits per heavy atom. The molecule has 0 saturated carbocycles. The van der Waals surface area contributed by atoms with Crippen molar-refractivity contribution >= 4 is 10.9 Å². The Hall–Kier alpha value is -1.71. The highest BCUT2D eigenvalue weighted by Crippen LogP contribution is 2.21. The van der Waals surface area contributed by atoms with Crippen molar-refractivity contribution in [3.05, 3.63) is 46.2 Å². The van der Waals surface area contributed by atoms with E-state index in [1.807, 2.05) is 0 Å². The number of halogens is 2. The summed E-state index contributed by atoms with van der Waals surface area (Å²) in [4.78, 5) is 13.5. The molecule has 4 heteroatoms. The van der Waals surface area contributed by atoms with E-state index in [-0.39, 0.29) is 11.1 Å². The molecule has 1 aromatic heterocycles. The zero-order valence-corrected chi connectivity index (χ0v) is 7.13. The lowest BCUT2D eigenvalue weighted by atomic mass is 10.1. The van der Waals surface area contributed by atoms with E-state index in [1.54, 1.807) is 0 Å². The van der Waals surface area contributed by atoms with Crippen LogP contribution in [0.2, 0.25) is 0 Å². The van der Waals surface area contributed by atoms with E-state index < -0.39 is 6.43 Å². The van der Waals surface area contributed by atoms with Gasteiger partial charge in [0.2, 0.25) is 5.56 Å². The van der Waals surface area contributed by atoms with Crippen molar-refractivity contribution in [3.8, 4) is 0 Å². The summed E-state index contributed by atoms with van der Waals surface area (Å²) in [5, 5.41) is 0.613. The van der Waals surface area contributed by atoms with Gasteiger partial charge < -0.3 is 4.98 Å². The van der Waals surface area contributed by atoms with E-state index in [0.717, 1.165) is 0 Å². The van der Waals surface area contributed by atoms with Gasteiger partial charge in [-0.1, -0.05) is 6.07 Å². The number of rotatable bonds is 1. The number of hydrogen-bond acceptors (Lipinski definition) is 1. The monoisotopic (exact) mass is 195 g/mol. The van der Waals surface area contributed by atoms with E-state index in [0.29, 0.717) is 10.9 Å². The molecule has 0 aliphatic heterocycles. The number of nitrogens with one attached hydrogen (secondary N) is 1. The van der Waals surface area contributed by atoms with Crippen LogP contribution in [0.4, 0.5) is 8.78 Å². The maximum Gasteiger partial charge on any atom is 0.263 e. The molecule has 14 heavy (non-hydrogen) atoms. The molecule has 0 fully saturated rings. The second-order valence-electron chi connectivity index (χ2n) is 2.97. The minimum absolute atomic E-state index is 0.0375. The van der Waals surface area contributed by atoms with E-state index in [1.165, 1.54) is 30.3 Å². The molecule has 0 bridgehead atoms. The molecular weight excluding hydrogens is 188 g/mol. The van der Waals surface area contributed by atoms with Gasteiger partial charge in [0, 0.05) is 17.1 Å². The number of aromatic amines is 1. The predicted molar refractivity (Wildman–Crippen MR) is 49.5 cm³/mol. The average molecular weight is 195 g/mol. The molecule has 0 spiro atoms. The van der Waals surface area contributed by atoms with Gasteiger partial charge in [-0.3, -0.25) is 4.79 Å². The van der Waals surface area contributed by atoms with Gasteiger partial charge >= 0.3 is 0 Å². The normalized spacial score (nSPS) is 11.1. The molecule has 2 nitrogen and oxygen atoms in total. The van der Waals surface area contributed by atoms with Gasteiger partial charge in [-0.15, -0.1) is 0 Å². The lowest BCUT2D eigenvalue weighted by Gasteiger charge is -2.01. The lowest BCUT2D eigenvalue weighted by molar-refractivity contribution is 0.151. The third-order valence-electron chi connectivity index (χ3n) is 2.00. The Labute approximate surface area is 78.2 Å². The second-order valence-corrected chi connectivity index (χ2v) is 2.97. The first kappa shape index (κ1) is 8.87. The fourth-order valence-electron chi connectivity index (χ4n) is 1.31. The third kappa shape index (κ3) is 1.51. The molecule has 2 aromatic rings. The Balaban J connectivity index is 2.67. The highest BCUT2D eigenvalue weighted by Gasteiger charge is 2.06. The first-order valence-electron chi connectivity index (χ1n) is 4.08. The van der Waals surface area contributed by atoms with Crippen molar-refractivity contribution in [1.82, 2.24) is 4.98 Å². The van der Waals surface area contributed by atoms with E-state index in [2.05, 4.69) is 4.98 Å². The quantitative estimate of drug-likeness (QED) is 0.744. The van der Waals surface area contributed by atoms with E-state index in [9.17, 15) is 13.6 Å². The zero-order chi connectivity index (χ0) is 10.1.